The molecule has 4 heteroatoms. The summed E-state index contributed by atoms with van der Waals surface area (Å²) in [5, 5.41) is 3.13. The minimum Gasteiger partial charge on any atom is -0.322 e. The second-order valence-electron chi connectivity index (χ2n) is 4.80. The molecule has 0 bridgehead atoms. The van der Waals surface area contributed by atoms with Crippen molar-refractivity contribution in [1.82, 2.24) is 4.98 Å². The van der Waals surface area contributed by atoms with Gasteiger partial charge in [0, 0.05) is 15.8 Å². The van der Waals surface area contributed by atoms with Crippen LogP contribution in [0.5, 0.6) is 0 Å². The van der Waals surface area contributed by atoms with Crippen LogP contribution >= 0.6 is 23.1 Å². The molecule has 0 amide bonds. The number of thiazole rings is 1. The van der Waals surface area contributed by atoms with Gasteiger partial charge in [-0.15, -0.1) is 23.1 Å². The van der Waals surface area contributed by atoms with E-state index in [1.165, 1.54) is 10.5 Å². The molecule has 1 heterocycles. The molecule has 0 spiro atoms. The van der Waals surface area contributed by atoms with Crippen molar-refractivity contribution in [2.75, 3.05) is 5.75 Å². The van der Waals surface area contributed by atoms with E-state index in [1.54, 1.807) is 11.3 Å². The topological polar surface area (TPSA) is 38.9 Å². The molecule has 1 aromatic carbocycles. The zero-order valence-corrected chi connectivity index (χ0v) is 13.2. The first-order valence-corrected chi connectivity index (χ1v) is 8.42. The lowest BCUT2D eigenvalue weighted by molar-refractivity contribution is 0.505. The van der Waals surface area contributed by atoms with Crippen LogP contribution in [0.3, 0.4) is 0 Å². The molecule has 102 valence electrons. The molecular formula is C15H20N2S2. The Kier molecular flexibility index (Phi) is 5.02. The molecule has 0 saturated heterocycles. The maximum absolute atomic E-state index is 6.13. The van der Waals surface area contributed by atoms with Gasteiger partial charge in [-0.2, -0.15) is 0 Å². The number of rotatable bonds is 5. The van der Waals surface area contributed by atoms with Crippen LogP contribution in [0.1, 0.15) is 32.5 Å². The minimum atomic E-state index is 0.0277. The second-order valence-corrected chi connectivity index (χ2v) is 7.00. The molecule has 0 aliphatic carbocycles. The van der Waals surface area contributed by atoms with Gasteiger partial charge in [-0.05, 0) is 23.8 Å². The van der Waals surface area contributed by atoms with Gasteiger partial charge in [-0.25, -0.2) is 4.98 Å². The molecule has 19 heavy (non-hydrogen) atoms. The van der Waals surface area contributed by atoms with Crippen molar-refractivity contribution >= 4 is 23.1 Å². The zero-order valence-electron chi connectivity index (χ0n) is 11.6. The lowest BCUT2D eigenvalue weighted by Crippen LogP contribution is -2.16. The highest BCUT2D eigenvalue weighted by Crippen LogP contribution is 2.29. The van der Waals surface area contributed by atoms with Gasteiger partial charge in [0.2, 0.25) is 0 Å². The Morgan fingerprint density at radius 3 is 2.53 bits per heavy atom. The molecule has 0 fully saturated rings. The van der Waals surface area contributed by atoms with E-state index >= 15 is 0 Å². The van der Waals surface area contributed by atoms with Crippen LogP contribution in [0.4, 0.5) is 0 Å². The summed E-state index contributed by atoms with van der Waals surface area (Å²) in [6, 6.07) is 8.63. The number of nitrogens with zero attached hydrogens (tertiary/aromatic N) is 1. The van der Waals surface area contributed by atoms with Crippen molar-refractivity contribution in [3.8, 4) is 10.6 Å². The van der Waals surface area contributed by atoms with Gasteiger partial charge in [-0.1, -0.05) is 32.9 Å². The van der Waals surface area contributed by atoms with Crippen molar-refractivity contribution in [2.45, 2.75) is 31.7 Å². The first-order chi connectivity index (χ1) is 9.11. The summed E-state index contributed by atoms with van der Waals surface area (Å²) in [6.45, 7) is 6.42. The van der Waals surface area contributed by atoms with Crippen LogP contribution < -0.4 is 5.73 Å². The van der Waals surface area contributed by atoms with E-state index in [0.717, 1.165) is 16.5 Å². The maximum Gasteiger partial charge on any atom is 0.123 e. The van der Waals surface area contributed by atoms with Crippen LogP contribution in [0, 0.1) is 5.92 Å². The number of nitrogens with two attached hydrogens (primary N) is 1. The van der Waals surface area contributed by atoms with Gasteiger partial charge in [-0.3, -0.25) is 0 Å². The maximum atomic E-state index is 6.13. The fraction of sp³-hybridized carbons (Fsp3) is 0.400. The summed E-state index contributed by atoms with van der Waals surface area (Å²) in [5.41, 5.74) is 8.31. The molecule has 2 N–H and O–H groups in total. The molecule has 2 nitrogen and oxygen atoms in total. The van der Waals surface area contributed by atoms with Crippen molar-refractivity contribution in [2.24, 2.45) is 11.7 Å². The fourth-order valence-corrected chi connectivity index (χ4v) is 3.31. The van der Waals surface area contributed by atoms with E-state index in [0.29, 0.717) is 5.92 Å². The van der Waals surface area contributed by atoms with Gasteiger partial charge in [0.25, 0.3) is 0 Å². The Hall–Kier alpha value is -0.840. The van der Waals surface area contributed by atoms with Gasteiger partial charge < -0.3 is 5.73 Å². The van der Waals surface area contributed by atoms with E-state index < -0.39 is 0 Å². The van der Waals surface area contributed by atoms with Gasteiger partial charge in [0.1, 0.15) is 5.01 Å². The predicted molar refractivity (Wildman–Crippen MR) is 85.7 cm³/mol. The van der Waals surface area contributed by atoms with Crippen LogP contribution in [0.15, 0.2) is 34.5 Å². The SMILES string of the molecule is CCSc1ccc(-c2nc(C(N)C(C)C)cs2)cc1. The molecule has 0 saturated carbocycles. The Bertz CT molecular complexity index is 517. The molecular weight excluding hydrogens is 272 g/mol. The van der Waals surface area contributed by atoms with Crippen LogP contribution in [-0.2, 0) is 0 Å². The number of thioether (sulfide) groups is 1. The number of aromatic nitrogens is 1. The summed E-state index contributed by atoms with van der Waals surface area (Å²) in [7, 11) is 0. The monoisotopic (exact) mass is 292 g/mol. The number of hydrogen-bond acceptors (Lipinski definition) is 4. The highest BCUT2D eigenvalue weighted by atomic mass is 32.2. The van der Waals surface area contributed by atoms with E-state index in [1.807, 2.05) is 11.8 Å². The van der Waals surface area contributed by atoms with Crippen molar-refractivity contribution in [1.29, 1.82) is 0 Å². The van der Waals surface area contributed by atoms with Crippen LogP contribution in [0.2, 0.25) is 0 Å². The zero-order chi connectivity index (χ0) is 13.8. The highest BCUT2D eigenvalue weighted by Gasteiger charge is 2.14. The molecule has 1 aromatic heterocycles. The molecule has 1 unspecified atom stereocenters. The van der Waals surface area contributed by atoms with Gasteiger partial charge >= 0.3 is 0 Å². The molecule has 2 aromatic rings. The third-order valence-electron chi connectivity index (χ3n) is 2.99. The third kappa shape index (κ3) is 3.59. The lowest BCUT2D eigenvalue weighted by atomic mass is 10.0. The summed E-state index contributed by atoms with van der Waals surface area (Å²) < 4.78 is 0. The molecule has 0 radical (unpaired) electrons. The molecule has 0 aliphatic rings. The van der Waals surface area contributed by atoms with E-state index in [-0.39, 0.29) is 6.04 Å². The Morgan fingerprint density at radius 1 is 1.26 bits per heavy atom. The third-order valence-corrected chi connectivity index (χ3v) is 4.80. The average Bonchev–Trinajstić information content (AvgIpc) is 2.88. The smallest absolute Gasteiger partial charge is 0.123 e. The van der Waals surface area contributed by atoms with E-state index in [9.17, 15) is 0 Å². The first-order valence-electron chi connectivity index (χ1n) is 6.56. The summed E-state index contributed by atoms with van der Waals surface area (Å²) in [6.07, 6.45) is 0. The van der Waals surface area contributed by atoms with Crippen molar-refractivity contribution < 1.29 is 0 Å². The molecule has 0 aliphatic heterocycles. The number of benzene rings is 1. The van der Waals surface area contributed by atoms with Crippen molar-refractivity contribution in [3.63, 3.8) is 0 Å². The molecule has 2 rings (SSSR count). The lowest BCUT2D eigenvalue weighted by Gasteiger charge is -2.12. The first kappa shape index (κ1) is 14.6. The highest BCUT2D eigenvalue weighted by molar-refractivity contribution is 7.99. The minimum absolute atomic E-state index is 0.0277. The normalized spacial score (nSPS) is 12.9. The Labute approximate surface area is 123 Å². The largest absolute Gasteiger partial charge is 0.322 e. The van der Waals surface area contributed by atoms with Crippen LogP contribution in [0.25, 0.3) is 10.6 Å². The average molecular weight is 292 g/mol. The predicted octanol–water partition coefficient (Wildman–Crippen LogP) is 4.58. The summed E-state index contributed by atoms with van der Waals surface area (Å²) >= 11 is 3.53. The fourth-order valence-electron chi connectivity index (χ4n) is 1.77. The standard InChI is InChI=1S/C15H20N2S2/c1-4-18-12-7-5-11(6-8-12)15-17-13(9-19-15)14(16)10(2)3/h5-10,14H,4,16H2,1-3H3. The van der Waals surface area contributed by atoms with E-state index in [2.05, 4.69) is 55.4 Å². The Balaban J connectivity index is 2.18. The van der Waals surface area contributed by atoms with Gasteiger partial charge in [0.15, 0.2) is 0 Å². The summed E-state index contributed by atoms with van der Waals surface area (Å²) in [5.74, 6) is 1.52. The molecule has 1 atom stereocenters. The quantitative estimate of drug-likeness (QED) is 0.820. The number of hydrogen-bond donors (Lipinski definition) is 1. The van der Waals surface area contributed by atoms with Gasteiger partial charge in [0.05, 0.1) is 11.7 Å². The van der Waals surface area contributed by atoms with Crippen molar-refractivity contribution in [3.05, 3.63) is 35.3 Å². The van der Waals surface area contributed by atoms with Crippen LogP contribution in [-0.4, -0.2) is 10.7 Å². The second kappa shape index (κ2) is 6.55. The van der Waals surface area contributed by atoms with E-state index in [4.69, 9.17) is 5.73 Å². The Morgan fingerprint density at radius 2 is 1.95 bits per heavy atom. The summed E-state index contributed by atoms with van der Waals surface area (Å²) in [4.78, 5) is 5.97.